The zero-order chi connectivity index (χ0) is 13.2. The van der Waals surface area contributed by atoms with E-state index in [0.717, 1.165) is 6.42 Å². The maximum absolute atomic E-state index is 12.2. The van der Waals surface area contributed by atoms with Gasteiger partial charge in [0.2, 0.25) is 0 Å². The van der Waals surface area contributed by atoms with Gasteiger partial charge in [-0.3, -0.25) is 4.79 Å². The van der Waals surface area contributed by atoms with Gasteiger partial charge < -0.3 is 15.7 Å². The number of rotatable bonds is 1. The molecule has 0 spiro atoms. The number of likely N-dealkylation sites (tertiary alicyclic amines) is 1. The number of amides is 1. The minimum absolute atomic E-state index is 0.153. The fourth-order valence-corrected chi connectivity index (χ4v) is 2.08. The Morgan fingerprint density at radius 1 is 1.39 bits per heavy atom. The molecule has 0 aromatic carbocycles. The lowest BCUT2D eigenvalue weighted by Crippen LogP contribution is -2.34. The van der Waals surface area contributed by atoms with Crippen LogP contribution in [0.3, 0.4) is 0 Å². The Balaban J connectivity index is 2.07. The van der Waals surface area contributed by atoms with E-state index in [1.54, 1.807) is 4.90 Å². The second kappa shape index (κ2) is 4.89. The summed E-state index contributed by atoms with van der Waals surface area (Å²) >= 11 is 0. The van der Waals surface area contributed by atoms with Gasteiger partial charge in [0.15, 0.2) is 0 Å². The number of aliphatic hydroxyl groups is 1. The minimum Gasteiger partial charge on any atom is -0.390 e. The summed E-state index contributed by atoms with van der Waals surface area (Å²) in [7, 11) is 0. The zero-order valence-corrected chi connectivity index (χ0v) is 10.5. The first kappa shape index (κ1) is 12.8. The highest BCUT2D eigenvalue weighted by Gasteiger charge is 2.27. The molecule has 1 fully saturated rings. The molecule has 6 nitrogen and oxygen atoms in total. The second-order valence-electron chi connectivity index (χ2n) is 4.97. The lowest BCUT2D eigenvalue weighted by molar-refractivity contribution is 0.0437. The van der Waals surface area contributed by atoms with Crippen LogP contribution >= 0.6 is 0 Å². The number of anilines is 1. The lowest BCUT2D eigenvalue weighted by atomic mass is 9.98. The van der Waals surface area contributed by atoms with Crippen molar-refractivity contribution in [3.05, 3.63) is 18.1 Å². The van der Waals surface area contributed by atoms with Gasteiger partial charge in [0, 0.05) is 13.1 Å². The highest BCUT2D eigenvalue weighted by Crippen LogP contribution is 2.22. The van der Waals surface area contributed by atoms with Crippen LogP contribution < -0.4 is 5.73 Å². The molecule has 1 saturated heterocycles. The molecule has 1 aromatic rings. The normalized spacial score (nSPS) is 24.7. The van der Waals surface area contributed by atoms with E-state index in [1.165, 1.54) is 12.4 Å². The molecule has 1 atom stereocenters. The first-order chi connectivity index (χ1) is 8.48. The molecule has 1 amide bonds. The van der Waals surface area contributed by atoms with Gasteiger partial charge in [0.05, 0.1) is 18.0 Å². The Bertz CT molecular complexity index is 430. The highest BCUT2D eigenvalue weighted by atomic mass is 16.3. The van der Waals surface area contributed by atoms with E-state index >= 15 is 0 Å². The van der Waals surface area contributed by atoms with Crippen LogP contribution in [0.15, 0.2) is 12.4 Å². The first-order valence-electron chi connectivity index (χ1n) is 6.07. The summed E-state index contributed by atoms with van der Waals surface area (Å²) in [6.07, 6.45) is 4.86. The number of hydrogen-bond donors (Lipinski definition) is 2. The van der Waals surface area contributed by atoms with Gasteiger partial charge in [0.25, 0.3) is 5.91 Å². The van der Waals surface area contributed by atoms with Gasteiger partial charge in [-0.25, -0.2) is 9.97 Å². The summed E-state index contributed by atoms with van der Waals surface area (Å²) in [4.78, 5) is 21.7. The van der Waals surface area contributed by atoms with Crippen LogP contribution in [-0.4, -0.2) is 44.6 Å². The van der Waals surface area contributed by atoms with Crippen LogP contribution in [0.5, 0.6) is 0 Å². The van der Waals surface area contributed by atoms with Crippen LogP contribution in [0.25, 0.3) is 0 Å². The zero-order valence-electron chi connectivity index (χ0n) is 10.5. The number of nitrogen functional groups attached to an aromatic ring is 1. The van der Waals surface area contributed by atoms with Crippen LogP contribution in [0.4, 0.5) is 5.82 Å². The molecule has 0 radical (unpaired) electrons. The SMILES string of the molecule is CC1(O)CCCN(C(=O)c2cnc(N)cn2)CC1. The quantitative estimate of drug-likeness (QED) is 0.754. The third-order valence-electron chi connectivity index (χ3n) is 3.24. The highest BCUT2D eigenvalue weighted by molar-refractivity contribution is 5.92. The first-order valence-corrected chi connectivity index (χ1v) is 6.07. The fourth-order valence-electron chi connectivity index (χ4n) is 2.08. The Morgan fingerprint density at radius 2 is 2.17 bits per heavy atom. The molecule has 2 heterocycles. The van der Waals surface area contributed by atoms with Crippen molar-refractivity contribution in [2.45, 2.75) is 31.8 Å². The predicted molar refractivity (Wildman–Crippen MR) is 66.8 cm³/mol. The van der Waals surface area contributed by atoms with Gasteiger partial charge >= 0.3 is 0 Å². The molecule has 1 unspecified atom stereocenters. The van der Waals surface area contributed by atoms with E-state index < -0.39 is 5.60 Å². The largest absolute Gasteiger partial charge is 0.390 e. The summed E-state index contributed by atoms with van der Waals surface area (Å²) in [5, 5.41) is 9.98. The average Bonchev–Trinajstić information content (AvgIpc) is 2.50. The third-order valence-corrected chi connectivity index (χ3v) is 3.24. The molecule has 1 aliphatic rings. The van der Waals surface area contributed by atoms with Crippen molar-refractivity contribution in [3.63, 3.8) is 0 Å². The number of nitrogens with two attached hydrogens (primary N) is 1. The average molecular weight is 250 g/mol. The molecule has 2 rings (SSSR count). The Hall–Kier alpha value is -1.69. The maximum Gasteiger partial charge on any atom is 0.274 e. The molecule has 18 heavy (non-hydrogen) atoms. The summed E-state index contributed by atoms with van der Waals surface area (Å²) in [5.74, 6) is 0.144. The topological polar surface area (TPSA) is 92.3 Å². The van der Waals surface area contributed by atoms with Crippen molar-refractivity contribution in [3.8, 4) is 0 Å². The smallest absolute Gasteiger partial charge is 0.274 e. The number of nitrogens with zero attached hydrogens (tertiary/aromatic N) is 3. The van der Waals surface area contributed by atoms with Gasteiger partial charge in [-0.2, -0.15) is 0 Å². The Kier molecular flexibility index (Phi) is 3.47. The van der Waals surface area contributed by atoms with Crippen molar-refractivity contribution < 1.29 is 9.90 Å². The number of hydrogen-bond acceptors (Lipinski definition) is 5. The number of carbonyl (C=O) groups excluding carboxylic acids is 1. The minimum atomic E-state index is -0.679. The third kappa shape index (κ3) is 2.95. The number of aromatic nitrogens is 2. The van der Waals surface area contributed by atoms with E-state index in [1.807, 2.05) is 6.92 Å². The molecule has 1 aromatic heterocycles. The van der Waals surface area contributed by atoms with Crippen molar-refractivity contribution in [1.29, 1.82) is 0 Å². The van der Waals surface area contributed by atoms with Crippen LogP contribution in [0.2, 0.25) is 0 Å². The van der Waals surface area contributed by atoms with E-state index in [0.29, 0.717) is 37.4 Å². The molecular weight excluding hydrogens is 232 g/mol. The van der Waals surface area contributed by atoms with Gasteiger partial charge in [0.1, 0.15) is 11.5 Å². The summed E-state index contributed by atoms with van der Waals surface area (Å²) in [6, 6.07) is 0. The molecule has 3 N–H and O–H groups in total. The molecular formula is C12H18N4O2. The second-order valence-corrected chi connectivity index (χ2v) is 4.97. The van der Waals surface area contributed by atoms with Crippen molar-refractivity contribution in [2.75, 3.05) is 18.8 Å². The van der Waals surface area contributed by atoms with Crippen molar-refractivity contribution >= 4 is 11.7 Å². The molecule has 0 bridgehead atoms. The van der Waals surface area contributed by atoms with Gasteiger partial charge in [-0.15, -0.1) is 0 Å². The maximum atomic E-state index is 12.2. The van der Waals surface area contributed by atoms with Crippen LogP contribution in [0, 0.1) is 0 Å². The van der Waals surface area contributed by atoms with Crippen LogP contribution in [-0.2, 0) is 0 Å². The fraction of sp³-hybridized carbons (Fsp3) is 0.583. The van der Waals surface area contributed by atoms with E-state index in [9.17, 15) is 9.90 Å². The van der Waals surface area contributed by atoms with Gasteiger partial charge in [-0.05, 0) is 26.2 Å². The summed E-state index contributed by atoms with van der Waals surface area (Å²) in [6.45, 7) is 2.99. The standard InChI is InChI=1S/C12H18N4O2/c1-12(18)3-2-5-16(6-4-12)11(17)9-7-15-10(13)8-14-9/h7-8,18H,2-6H2,1H3,(H2,13,15). The van der Waals surface area contributed by atoms with Crippen LogP contribution in [0.1, 0.15) is 36.7 Å². The number of carbonyl (C=O) groups is 1. The molecule has 0 aliphatic carbocycles. The lowest BCUT2D eigenvalue weighted by Gasteiger charge is -2.22. The van der Waals surface area contributed by atoms with E-state index in [4.69, 9.17) is 5.73 Å². The molecule has 1 aliphatic heterocycles. The van der Waals surface area contributed by atoms with E-state index in [-0.39, 0.29) is 5.91 Å². The Morgan fingerprint density at radius 3 is 2.83 bits per heavy atom. The Labute approximate surface area is 106 Å². The monoisotopic (exact) mass is 250 g/mol. The molecule has 6 heteroatoms. The van der Waals surface area contributed by atoms with Gasteiger partial charge in [-0.1, -0.05) is 0 Å². The van der Waals surface area contributed by atoms with Crippen molar-refractivity contribution in [2.24, 2.45) is 0 Å². The molecule has 0 saturated carbocycles. The van der Waals surface area contributed by atoms with Crippen molar-refractivity contribution in [1.82, 2.24) is 14.9 Å². The summed E-state index contributed by atoms with van der Waals surface area (Å²) in [5.41, 5.74) is 5.05. The van der Waals surface area contributed by atoms with E-state index in [2.05, 4.69) is 9.97 Å². The molecule has 98 valence electrons. The summed E-state index contributed by atoms with van der Waals surface area (Å²) < 4.78 is 0. The predicted octanol–water partition coefficient (Wildman–Crippen LogP) is 0.436.